The molecule has 9 heteroatoms. The van der Waals surface area contributed by atoms with Gasteiger partial charge in [0, 0.05) is 24.6 Å². The van der Waals surface area contributed by atoms with Crippen LogP contribution in [0, 0.1) is 0 Å². The molecule has 6 nitrogen and oxygen atoms in total. The van der Waals surface area contributed by atoms with Gasteiger partial charge in [0.2, 0.25) is 5.91 Å². The van der Waals surface area contributed by atoms with Gasteiger partial charge in [-0.05, 0) is 43.7 Å². The van der Waals surface area contributed by atoms with Gasteiger partial charge in [-0.1, -0.05) is 41.1 Å². The van der Waals surface area contributed by atoms with Gasteiger partial charge < -0.3 is 9.30 Å². The molecule has 0 radical (unpaired) electrons. The largest absolute Gasteiger partial charge is 0.380 e. The van der Waals surface area contributed by atoms with Gasteiger partial charge in [-0.2, -0.15) is 4.99 Å². The summed E-state index contributed by atoms with van der Waals surface area (Å²) in [6.45, 7) is 3.59. The van der Waals surface area contributed by atoms with Gasteiger partial charge in [-0.25, -0.2) is 8.42 Å². The molecule has 0 aliphatic heterocycles. The monoisotopic (exact) mass is 466 g/mol. The Hall–Kier alpha value is -2.00. The van der Waals surface area contributed by atoms with Crippen molar-refractivity contribution in [3.63, 3.8) is 0 Å². The van der Waals surface area contributed by atoms with Crippen LogP contribution >= 0.6 is 22.9 Å². The highest BCUT2D eigenvalue weighted by molar-refractivity contribution is 7.91. The fraction of sp³-hybridized carbons (Fsp3) is 0.333. The lowest BCUT2D eigenvalue weighted by Gasteiger charge is -2.05. The van der Waals surface area contributed by atoms with Crippen LogP contribution in [0.3, 0.4) is 0 Å². The minimum atomic E-state index is -3.40. The van der Waals surface area contributed by atoms with E-state index in [9.17, 15) is 13.2 Å². The third kappa shape index (κ3) is 5.78. The number of nitrogens with zero attached hydrogens (tertiary/aromatic N) is 2. The van der Waals surface area contributed by atoms with E-state index in [0.29, 0.717) is 29.6 Å². The van der Waals surface area contributed by atoms with Crippen molar-refractivity contribution in [1.82, 2.24) is 4.57 Å². The molecule has 30 heavy (non-hydrogen) atoms. The molecule has 1 amide bonds. The van der Waals surface area contributed by atoms with E-state index in [1.807, 2.05) is 23.6 Å². The smallest absolute Gasteiger partial charge is 0.248 e. The maximum Gasteiger partial charge on any atom is 0.248 e. The molecule has 0 saturated heterocycles. The Morgan fingerprint density at radius 3 is 2.70 bits per heavy atom. The molecule has 0 atom stereocenters. The van der Waals surface area contributed by atoms with Crippen LogP contribution < -0.4 is 4.80 Å². The molecule has 0 saturated carbocycles. The van der Waals surface area contributed by atoms with Crippen LogP contribution in [-0.2, 0) is 25.9 Å². The summed E-state index contributed by atoms with van der Waals surface area (Å²) in [4.78, 5) is 17.5. The Morgan fingerprint density at radius 1 is 1.20 bits per heavy atom. The van der Waals surface area contributed by atoms with Crippen molar-refractivity contribution in [3.8, 4) is 0 Å². The van der Waals surface area contributed by atoms with Crippen LogP contribution in [0.2, 0.25) is 5.02 Å². The zero-order chi connectivity index (χ0) is 21.6. The second kappa shape index (κ2) is 10.3. The molecule has 0 aliphatic carbocycles. The summed E-state index contributed by atoms with van der Waals surface area (Å²) in [5, 5.41) is 0.615. The average molecular weight is 467 g/mol. The van der Waals surface area contributed by atoms with Crippen molar-refractivity contribution < 1.29 is 17.9 Å². The Labute approximate surface area is 184 Å². The predicted molar refractivity (Wildman–Crippen MR) is 120 cm³/mol. The molecule has 160 valence electrons. The Bertz CT molecular complexity index is 1180. The number of rotatable bonds is 9. The van der Waals surface area contributed by atoms with Gasteiger partial charge >= 0.3 is 0 Å². The number of halogens is 1. The number of benzene rings is 2. The minimum Gasteiger partial charge on any atom is -0.380 e. The summed E-state index contributed by atoms with van der Waals surface area (Å²) >= 11 is 7.47. The van der Waals surface area contributed by atoms with Gasteiger partial charge in [-0.3, -0.25) is 4.79 Å². The number of aromatic nitrogens is 1. The first-order valence-corrected chi connectivity index (χ1v) is 12.5. The van der Waals surface area contributed by atoms with Crippen molar-refractivity contribution in [3.05, 3.63) is 58.4 Å². The number of carbonyl (C=O) groups is 1. The highest BCUT2D eigenvalue weighted by Gasteiger charge is 2.15. The molecule has 0 unspecified atom stereocenters. The SMILES string of the molecule is CCOCCn1c(=NC(=O)CCCS(=O)(=O)c2ccccc2)sc2cc(Cl)ccc21. The second-order valence-electron chi connectivity index (χ2n) is 6.59. The summed E-state index contributed by atoms with van der Waals surface area (Å²) in [5.41, 5.74) is 0.933. The predicted octanol–water partition coefficient (Wildman–Crippen LogP) is 4.07. The molecule has 0 bridgehead atoms. The van der Waals surface area contributed by atoms with Gasteiger partial charge in [-0.15, -0.1) is 0 Å². The molecule has 3 rings (SSSR count). The molecule has 3 aromatic rings. The van der Waals surface area contributed by atoms with E-state index >= 15 is 0 Å². The van der Waals surface area contributed by atoms with E-state index in [0.717, 1.165) is 10.2 Å². The maximum atomic E-state index is 12.4. The third-order valence-electron chi connectivity index (χ3n) is 4.43. The number of ether oxygens (including phenoxy) is 1. The van der Waals surface area contributed by atoms with Crippen LogP contribution in [0.25, 0.3) is 10.2 Å². The quantitative estimate of drug-likeness (QED) is 0.445. The van der Waals surface area contributed by atoms with E-state index < -0.39 is 9.84 Å². The first kappa shape index (κ1) is 22.7. The third-order valence-corrected chi connectivity index (χ3v) is 7.53. The number of amides is 1. The standard InChI is InChI=1S/C21H23ClN2O4S2/c1-2-28-13-12-24-18-11-10-16(22)15-19(18)29-21(24)23-20(25)9-6-14-30(26,27)17-7-4-3-5-8-17/h3-5,7-8,10-11,15H,2,6,9,12-14H2,1H3. The number of fused-ring (bicyclic) bond motifs is 1. The van der Waals surface area contributed by atoms with E-state index in [1.54, 1.807) is 36.4 Å². The van der Waals surface area contributed by atoms with E-state index in [2.05, 4.69) is 4.99 Å². The topological polar surface area (TPSA) is 77.7 Å². The fourth-order valence-electron chi connectivity index (χ4n) is 2.97. The lowest BCUT2D eigenvalue weighted by atomic mass is 10.3. The Balaban J connectivity index is 1.75. The molecular formula is C21H23ClN2O4S2. The summed E-state index contributed by atoms with van der Waals surface area (Å²) in [6, 6.07) is 13.8. The number of carbonyl (C=O) groups excluding carboxylic acids is 1. The van der Waals surface area contributed by atoms with Crippen LogP contribution in [0.4, 0.5) is 0 Å². The van der Waals surface area contributed by atoms with E-state index in [4.69, 9.17) is 16.3 Å². The van der Waals surface area contributed by atoms with Crippen LogP contribution in [0.1, 0.15) is 19.8 Å². The van der Waals surface area contributed by atoms with Gasteiger partial charge in [0.15, 0.2) is 14.6 Å². The molecule has 2 aromatic carbocycles. The van der Waals surface area contributed by atoms with Crippen LogP contribution in [-0.4, -0.2) is 37.9 Å². The fourth-order valence-corrected chi connectivity index (χ4v) is 5.65. The van der Waals surface area contributed by atoms with Gasteiger partial charge in [0.1, 0.15) is 0 Å². The average Bonchev–Trinajstić information content (AvgIpc) is 3.04. The number of sulfone groups is 1. The lowest BCUT2D eigenvalue weighted by Crippen LogP contribution is -2.20. The van der Waals surface area contributed by atoms with Crippen molar-refractivity contribution in [2.75, 3.05) is 19.0 Å². The highest BCUT2D eigenvalue weighted by atomic mass is 35.5. The Morgan fingerprint density at radius 2 is 1.97 bits per heavy atom. The van der Waals surface area contributed by atoms with Crippen molar-refractivity contribution in [2.24, 2.45) is 4.99 Å². The number of hydrogen-bond donors (Lipinski definition) is 0. The molecule has 1 heterocycles. The summed E-state index contributed by atoms with van der Waals surface area (Å²) in [7, 11) is -3.40. The van der Waals surface area contributed by atoms with E-state index in [-0.39, 0.29) is 29.4 Å². The molecule has 0 spiro atoms. The normalized spacial score (nSPS) is 12.5. The van der Waals surface area contributed by atoms with Crippen molar-refractivity contribution >= 4 is 48.9 Å². The van der Waals surface area contributed by atoms with Crippen molar-refractivity contribution in [1.29, 1.82) is 0 Å². The summed E-state index contributed by atoms with van der Waals surface area (Å²) < 4.78 is 33.0. The highest BCUT2D eigenvalue weighted by Crippen LogP contribution is 2.22. The zero-order valence-corrected chi connectivity index (χ0v) is 19.0. The lowest BCUT2D eigenvalue weighted by molar-refractivity contribution is -0.118. The second-order valence-corrected chi connectivity index (χ2v) is 10.1. The van der Waals surface area contributed by atoms with Crippen LogP contribution in [0.15, 0.2) is 58.4 Å². The maximum absolute atomic E-state index is 12.4. The number of thiazole rings is 1. The van der Waals surface area contributed by atoms with Gasteiger partial charge in [0.25, 0.3) is 0 Å². The van der Waals surface area contributed by atoms with E-state index in [1.165, 1.54) is 11.3 Å². The zero-order valence-electron chi connectivity index (χ0n) is 16.6. The van der Waals surface area contributed by atoms with Crippen LogP contribution in [0.5, 0.6) is 0 Å². The Kier molecular flexibility index (Phi) is 7.82. The summed E-state index contributed by atoms with van der Waals surface area (Å²) in [5.74, 6) is -0.439. The molecule has 0 fully saturated rings. The first-order valence-electron chi connectivity index (χ1n) is 9.62. The molecule has 0 N–H and O–H groups in total. The first-order chi connectivity index (χ1) is 14.4. The molecular weight excluding hydrogens is 444 g/mol. The van der Waals surface area contributed by atoms with Gasteiger partial charge in [0.05, 0.1) is 27.5 Å². The molecule has 1 aromatic heterocycles. The minimum absolute atomic E-state index is 0.0620. The number of hydrogen-bond acceptors (Lipinski definition) is 5. The summed E-state index contributed by atoms with van der Waals surface area (Å²) in [6.07, 6.45) is 0.280. The van der Waals surface area contributed by atoms with Crippen molar-refractivity contribution in [2.45, 2.75) is 31.2 Å². The molecule has 0 aliphatic rings.